The molecule has 2 amide bonds. The van der Waals surface area contributed by atoms with Crippen LogP contribution in [0, 0.1) is 11.8 Å². The van der Waals surface area contributed by atoms with Crippen LogP contribution in [0.5, 0.6) is 0 Å². The molecule has 2 aliphatic heterocycles. The van der Waals surface area contributed by atoms with Gasteiger partial charge in [0.25, 0.3) is 0 Å². The van der Waals surface area contributed by atoms with Gasteiger partial charge in [0.2, 0.25) is 11.8 Å². The van der Waals surface area contributed by atoms with Crippen molar-refractivity contribution in [2.75, 3.05) is 19.6 Å². The molecule has 1 aliphatic carbocycles. The number of benzene rings is 1. The van der Waals surface area contributed by atoms with Gasteiger partial charge in [-0.05, 0) is 43.7 Å². The average Bonchev–Trinajstić information content (AvgIpc) is 3.43. The number of hydrogen-bond donors (Lipinski definition) is 4. The fourth-order valence-electron chi connectivity index (χ4n) is 5.65. The Morgan fingerprint density at radius 2 is 1.84 bits per heavy atom. The maximum atomic E-state index is 13.1. The minimum atomic E-state index is -0.105. The SMILES string of the molecule is O=C(NCCc1c[nH]c2ccccc12)C1CCN(C(=O)C2NNC3CCCCC32)CC1. The lowest BCUT2D eigenvalue weighted by Gasteiger charge is -2.35. The highest BCUT2D eigenvalue weighted by molar-refractivity contribution is 5.84. The summed E-state index contributed by atoms with van der Waals surface area (Å²) in [4.78, 5) is 31.0. The molecular formula is C24H33N5O2. The van der Waals surface area contributed by atoms with E-state index in [2.05, 4.69) is 33.3 Å². The highest BCUT2D eigenvalue weighted by atomic mass is 16.2. The number of nitrogens with zero attached hydrogens (tertiary/aromatic N) is 1. The van der Waals surface area contributed by atoms with Gasteiger partial charge in [-0.25, -0.2) is 5.43 Å². The summed E-state index contributed by atoms with van der Waals surface area (Å²) in [5.74, 6) is 0.746. The van der Waals surface area contributed by atoms with Crippen LogP contribution in [0.15, 0.2) is 30.5 Å². The zero-order valence-electron chi connectivity index (χ0n) is 18.0. The summed E-state index contributed by atoms with van der Waals surface area (Å²) in [7, 11) is 0. The largest absolute Gasteiger partial charge is 0.361 e. The first kappa shape index (κ1) is 20.5. The zero-order valence-corrected chi connectivity index (χ0v) is 18.0. The molecule has 1 aromatic carbocycles. The Balaban J connectivity index is 1.08. The number of nitrogens with one attached hydrogen (secondary N) is 4. The summed E-state index contributed by atoms with van der Waals surface area (Å²) in [6.45, 7) is 1.99. The number of amides is 2. The second kappa shape index (κ2) is 9.01. The van der Waals surface area contributed by atoms with Gasteiger partial charge in [0.15, 0.2) is 0 Å². The van der Waals surface area contributed by atoms with Crippen LogP contribution in [-0.4, -0.2) is 53.4 Å². The van der Waals surface area contributed by atoms with E-state index in [1.54, 1.807) is 0 Å². The number of aromatic nitrogens is 1. The van der Waals surface area contributed by atoms with E-state index < -0.39 is 0 Å². The number of para-hydroxylation sites is 1. The van der Waals surface area contributed by atoms with E-state index in [-0.39, 0.29) is 23.8 Å². The maximum absolute atomic E-state index is 13.1. The number of fused-ring (bicyclic) bond motifs is 2. The van der Waals surface area contributed by atoms with E-state index in [4.69, 9.17) is 0 Å². The number of H-pyrrole nitrogens is 1. The van der Waals surface area contributed by atoms with Gasteiger partial charge in [0.05, 0.1) is 0 Å². The molecule has 1 saturated carbocycles. The first-order chi connectivity index (χ1) is 15.2. The van der Waals surface area contributed by atoms with Crippen LogP contribution in [0.4, 0.5) is 0 Å². The van der Waals surface area contributed by atoms with Gasteiger partial charge in [-0.2, -0.15) is 0 Å². The molecule has 3 fully saturated rings. The van der Waals surface area contributed by atoms with Crippen molar-refractivity contribution in [3.63, 3.8) is 0 Å². The summed E-state index contributed by atoms with van der Waals surface area (Å²) >= 11 is 0. The summed E-state index contributed by atoms with van der Waals surface area (Å²) in [6, 6.07) is 8.57. The van der Waals surface area contributed by atoms with Crippen molar-refractivity contribution in [1.29, 1.82) is 0 Å². The predicted molar refractivity (Wildman–Crippen MR) is 120 cm³/mol. The molecule has 0 bridgehead atoms. The second-order valence-electron chi connectivity index (χ2n) is 9.32. The summed E-state index contributed by atoms with van der Waals surface area (Å²) in [5, 5.41) is 4.33. The fraction of sp³-hybridized carbons (Fsp3) is 0.583. The topological polar surface area (TPSA) is 89.3 Å². The van der Waals surface area contributed by atoms with Crippen LogP contribution in [-0.2, 0) is 16.0 Å². The van der Waals surface area contributed by atoms with Gasteiger partial charge in [0, 0.05) is 54.6 Å². The van der Waals surface area contributed by atoms with E-state index in [0.29, 0.717) is 31.6 Å². The lowest BCUT2D eigenvalue weighted by Crippen LogP contribution is -2.51. The molecule has 2 aromatic rings. The number of rotatable bonds is 5. The van der Waals surface area contributed by atoms with Crippen LogP contribution in [0.2, 0.25) is 0 Å². The Morgan fingerprint density at radius 3 is 2.71 bits per heavy atom. The Morgan fingerprint density at radius 1 is 1.03 bits per heavy atom. The van der Waals surface area contributed by atoms with Gasteiger partial charge in [-0.1, -0.05) is 31.0 Å². The highest BCUT2D eigenvalue weighted by Gasteiger charge is 2.43. The molecule has 0 spiro atoms. The Hall–Kier alpha value is -2.38. The fourth-order valence-corrected chi connectivity index (χ4v) is 5.65. The third-order valence-corrected chi connectivity index (χ3v) is 7.48. The third-order valence-electron chi connectivity index (χ3n) is 7.48. The number of hydrogen-bond acceptors (Lipinski definition) is 4. The van der Waals surface area contributed by atoms with Crippen molar-refractivity contribution in [2.45, 2.75) is 57.0 Å². The number of carbonyl (C=O) groups excluding carboxylic acids is 2. The van der Waals surface area contributed by atoms with Crippen LogP contribution in [0.25, 0.3) is 10.9 Å². The van der Waals surface area contributed by atoms with Gasteiger partial charge in [-0.3, -0.25) is 15.0 Å². The molecule has 3 heterocycles. The lowest BCUT2D eigenvalue weighted by molar-refractivity contribution is -0.138. The molecule has 0 radical (unpaired) electrons. The van der Waals surface area contributed by atoms with Crippen LogP contribution in [0.1, 0.15) is 44.1 Å². The van der Waals surface area contributed by atoms with Crippen LogP contribution >= 0.6 is 0 Å². The second-order valence-corrected chi connectivity index (χ2v) is 9.32. The molecule has 3 aliphatic rings. The van der Waals surface area contributed by atoms with Crippen molar-refractivity contribution in [3.05, 3.63) is 36.0 Å². The normalized spacial score (nSPS) is 26.7. The molecule has 4 N–H and O–H groups in total. The molecule has 3 atom stereocenters. The summed E-state index contributed by atoms with van der Waals surface area (Å²) in [5.41, 5.74) is 8.96. The monoisotopic (exact) mass is 423 g/mol. The van der Waals surface area contributed by atoms with E-state index in [1.165, 1.54) is 23.8 Å². The molecular weight excluding hydrogens is 390 g/mol. The first-order valence-corrected chi connectivity index (χ1v) is 11.8. The molecule has 2 saturated heterocycles. The van der Waals surface area contributed by atoms with E-state index in [9.17, 15) is 9.59 Å². The van der Waals surface area contributed by atoms with Gasteiger partial charge in [0.1, 0.15) is 6.04 Å². The van der Waals surface area contributed by atoms with Crippen molar-refractivity contribution >= 4 is 22.7 Å². The predicted octanol–water partition coefficient (Wildman–Crippen LogP) is 2.10. The first-order valence-electron chi connectivity index (χ1n) is 11.8. The summed E-state index contributed by atoms with van der Waals surface area (Å²) < 4.78 is 0. The molecule has 31 heavy (non-hydrogen) atoms. The van der Waals surface area contributed by atoms with Crippen LogP contribution in [0.3, 0.4) is 0 Å². The number of aromatic amines is 1. The quantitative estimate of drug-likeness (QED) is 0.593. The average molecular weight is 424 g/mol. The molecule has 1 aromatic heterocycles. The smallest absolute Gasteiger partial charge is 0.241 e. The number of carbonyl (C=O) groups is 2. The minimum Gasteiger partial charge on any atom is -0.361 e. The number of likely N-dealkylation sites (tertiary alicyclic amines) is 1. The van der Waals surface area contributed by atoms with E-state index >= 15 is 0 Å². The van der Waals surface area contributed by atoms with E-state index in [1.807, 2.05) is 23.2 Å². The van der Waals surface area contributed by atoms with Gasteiger partial charge in [-0.15, -0.1) is 0 Å². The molecule has 166 valence electrons. The van der Waals surface area contributed by atoms with E-state index in [0.717, 1.165) is 37.6 Å². The summed E-state index contributed by atoms with van der Waals surface area (Å²) in [6.07, 6.45) is 9.09. The maximum Gasteiger partial charge on any atom is 0.241 e. The molecule has 7 heteroatoms. The minimum absolute atomic E-state index is 0.00381. The number of hydrazine groups is 1. The Labute approximate surface area is 183 Å². The molecule has 7 nitrogen and oxygen atoms in total. The standard InChI is InChI=1S/C24H33N5O2/c30-23(25-12-9-17-15-26-20-7-3-1-5-18(17)20)16-10-13-29(14-11-16)24(31)22-19-6-2-4-8-21(19)27-28-22/h1,3,5,7,15-16,19,21-22,26-28H,2,4,6,8-14H2,(H,25,30). The van der Waals surface area contributed by atoms with Gasteiger partial charge >= 0.3 is 0 Å². The zero-order chi connectivity index (χ0) is 21.2. The Kier molecular flexibility index (Phi) is 5.96. The lowest BCUT2D eigenvalue weighted by atomic mass is 9.81. The molecule has 3 unspecified atom stereocenters. The van der Waals surface area contributed by atoms with Crippen molar-refractivity contribution in [3.8, 4) is 0 Å². The van der Waals surface area contributed by atoms with Crippen molar-refractivity contribution < 1.29 is 9.59 Å². The molecule has 5 rings (SSSR count). The number of piperidine rings is 1. The Bertz CT molecular complexity index is 933. The third kappa shape index (κ3) is 4.21. The highest BCUT2D eigenvalue weighted by Crippen LogP contribution is 2.31. The van der Waals surface area contributed by atoms with Crippen LogP contribution < -0.4 is 16.2 Å². The van der Waals surface area contributed by atoms with Gasteiger partial charge < -0.3 is 15.2 Å². The van der Waals surface area contributed by atoms with Crippen molar-refractivity contribution in [1.82, 2.24) is 26.1 Å². The van der Waals surface area contributed by atoms with Crippen molar-refractivity contribution in [2.24, 2.45) is 11.8 Å².